The Kier molecular flexibility index (Phi) is 2.77. The molecule has 0 radical (unpaired) electrons. The van der Waals surface area contributed by atoms with E-state index in [-0.39, 0.29) is 5.54 Å². The van der Waals surface area contributed by atoms with Crippen LogP contribution >= 0.6 is 0 Å². The lowest BCUT2D eigenvalue weighted by atomic mass is 9.96. The largest absolute Gasteiger partial charge is 0.341 e. The SMILES string of the molecule is CNC1(C(=O)N2CCCC2)CCCC1. The van der Waals surface area contributed by atoms with Crippen LogP contribution in [0, 0.1) is 0 Å². The number of nitrogens with one attached hydrogen (secondary N) is 1. The molecule has 0 unspecified atom stereocenters. The van der Waals surface area contributed by atoms with Crippen LogP contribution < -0.4 is 5.32 Å². The molecule has 3 heteroatoms. The number of rotatable bonds is 2. The minimum atomic E-state index is -0.204. The number of likely N-dealkylation sites (N-methyl/N-ethyl adjacent to an activating group) is 1. The van der Waals surface area contributed by atoms with Gasteiger partial charge in [0, 0.05) is 13.1 Å². The predicted molar refractivity (Wildman–Crippen MR) is 56.1 cm³/mol. The van der Waals surface area contributed by atoms with E-state index in [1.165, 1.54) is 25.7 Å². The van der Waals surface area contributed by atoms with Gasteiger partial charge in [0.2, 0.25) is 5.91 Å². The van der Waals surface area contributed by atoms with Crippen molar-refractivity contribution in [1.82, 2.24) is 10.2 Å². The average Bonchev–Trinajstić information content (AvgIpc) is 2.89. The highest BCUT2D eigenvalue weighted by Crippen LogP contribution is 2.31. The highest BCUT2D eigenvalue weighted by Gasteiger charge is 2.42. The van der Waals surface area contributed by atoms with Crippen LogP contribution in [0.3, 0.4) is 0 Å². The van der Waals surface area contributed by atoms with Crippen molar-refractivity contribution in [2.45, 2.75) is 44.1 Å². The highest BCUT2D eigenvalue weighted by atomic mass is 16.2. The highest BCUT2D eigenvalue weighted by molar-refractivity contribution is 5.86. The van der Waals surface area contributed by atoms with Crippen LogP contribution in [-0.4, -0.2) is 36.5 Å². The lowest BCUT2D eigenvalue weighted by Crippen LogP contribution is -2.54. The summed E-state index contributed by atoms with van der Waals surface area (Å²) < 4.78 is 0. The van der Waals surface area contributed by atoms with Crippen molar-refractivity contribution in [1.29, 1.82) is 0 Å². The van der Waals surface area contributed by atoms with Crippen LogP contribution in [0.2, 0.25) is 0 Å². The summed E-state index contributed by atoms with van der Waals surface area (Å²) in [6.45, 7) is 1.95. The third-order valence-electron chi connectivity index (χ3n) is 3.74. The average molecular weight is 196 g/mol. The zero-order chi connectivity index (χ0) is 10.0. The Morgan fingerprint density at radius 3 is 2.21 bits per heavy atom. The van der Waals surface area contributed by atoms with Crippen LogP contribution in [0.25, 0.3) is 0 Å². The first-order valence-electron chi connectivity index (χ1n) is 5.77. The predicted octanol–water partition coefficient (Wildman–Crippen LogP) is 1.14. The van der Waals surface area contributed by atoms with E-state index in [9.17, 15) is 4.79 Å². The first kappa shape index (κ1) is 9.97. The van der Waals surface area contributed by atoms with E-state index in [1.54, 1.807) is 0 Å². The van der Waals surface area contributed by atoms with E-state index in [1.807, 2.05) is 11.9 Å². The fourth-order valence-electron chi connectivity index (χ4n) is 2.77. The van der Waals surface area contributed by atoms with E-state index in [0.717, 1.165) is 25.9 Å². The van der Waals surface area contributed by atoms with Crippen molar-refractivity contribution in [2.24, 2.45) is 0 Å². The molecule has 14 heavy (non-hydrogen) atoms. The quantitative estimate of drug-likeness (QED) is 0.718. The Bertz CT molecular complexity index is 215. The zero-order valence-corrected chi connectivity index (χ0v) is 9.01. The van der Waals surface area contributed by atoms with Gasteiger partial charge in [-0.15, -0.1) is 0 Å². The smallest absolute Gasteiger partial charge is 0.242 e. The molecule has 1 aliphatic carbocycles. The van der Waals surface area contributed by atoms with Crippen molar-refractivity contribution < 1.29 is 4.79 Å². The molecule has 1 saturated carbocycles. The molecular formula is C11H20N2O. The Hall–Kier alpha value is -0.570. The number of carbonyl (C=O) groups is 1. The maximum absolute atomic E-state index is 12.3. The number of hydrogen-bond donors (Lipinski definition) is 1. The number of hydrogen-bond acceptors (Lipinski definition) is 2. The van der Waals surface area contributed by atoms with Gasteiger partial charge in [-0.1, -0.05) is 12.8 Å². The summed E-state index contributed by atoms with van der Waals surface area (Å²) >= 11 is 0. The summed E-state index contributed by atoms with van der Waals surface area (Å²) in [5, 5.41) is 3.26. The van der Waals surface area contributed by atoms with Crippen molar-refractivity contribution in [2.75, 3.05) is 20.1 Å². The number of likely N-dealkylation sites (tertiary alicyclic amines) is 1. The van der Waals surface area contributed by atoms with E-state index in [2.05, 4.69) is 5.32 Å². The van der Waals surface area contributed by atoms with Gasteiger partial charge in [0.15, 0.2) is 0 Å². The molecule has 1 amide bonds. The Morgan fingerprint density at radius 1 is 1.14 bits per heavy atom. The lowest BCUT2D eigenvalue weighted by Gasteiger charge is -2.31. The molecule has 0 spiro atoms. The van der Waals surface area contributed by atoms with Gasteiger partial charge >= 0.3 is 0 Å². The maximum atomic E-state index is 12.3. The van der Waals surface area contributed by atoms with Gasteiger partial charge in [0.05, 0.1) is 5.54 Å². The summed E-state index contributed by atoms with van der Waals surface area (Å²) in [7, 11) is 1.93. The van der Waals surface area contributed by atoms with Gasteiger partial charge in [-0.05, 0) is 32.7 Å². The van der Waals surface area contributed by atoms with Crippen LogP contribution in [0.1, 0.15) is 38.5 Å². The molecule has 1 aliphatic heterocycles. The molecule has 2 fully saturated rings. The zero-order valence-electron chi connectivity index (χ0n) is 9.01. The summed E-state index contributed by atoms with van der Waals surface area (Å²) in [6, 6.07) is 0. The molecule has 0 atom stereocenters. The molecular weight excluding hydrogens is 176 g/mol. The normalized spacial score (nSPS) is 25.6. The van der Waals surface area contributed by atoms with Gasteiger partial charge in [-0.25, -0.2) is 0 Å². The monoisotopic (exact) mass is 196 g/mol. The van der Waals surface area contributed by atoms with Crippen molar-refractivity contribution in [3.05, 3.63) is 0 Å². The third-order valence-corrected chi connectivity index (χ3v) is 3.74. The van der Waals surface area contributed by atoms with Crippen LogP contribution in [0.5, 0.6) is 0 Å². The Morgan fingerprint density at radius 2 is 1.71 bits per heavy atom. The molecule has 80 valence electrons. The fourth-order valence-corrected chi connectivity index (χ4v) is 2.77. The van der Waals surface area contributed by atoms with Gasteiger partial charge in [0.25, 0.3) is 0 Å². The molecule has 1 saturated heterocycles. The summed E-state index contributed by atoms with van der Waals surface area (Å²) in [6.07, 6.45) is 6.82. The number of nitrogens with zero attached hydrogens (tertiary/aromatic N) is 1. The summed E-state index contributed by atoms with van der Waals surface area (Å²) in [5.74, 6) is 0.356. The van der Waals surface area contributed by atoms with Gasteiger partial charge in [-0.3, -0.25) is 4.79 Å². The lowest BCUT2D eigenvalue weighted by molar-refractivity contribution is -0.136. The Labute approximate surface area is 85.8 Å². The van der Waals surface area contributed by atoms with Crippen molar-refractivity contribution >= 4 is 5.91 Å². The third kappa shape index (κ3) is 1.54. The van der Waals surface area contributed by atoms with Gasteiger partial charge < -0.3 is 10.2 Å². The molecule has 2 aliphatic rings. The molecule has 0 aromatic carbocycles. The van der Waals surface area contributed by atoms with Gasteiger partial charge in [-0.2, -0.15) is 0 Å². The Balaban J connectivity index is 2.06. The second-order valence-corrected chi connectivity index (χ2v) is 4.54. The number of carbonyl (C=O) groups excluding carboxylic acids is 1. The van der Waals surface area contributed by atoms with E-state index in [0.29, 0.717) is 5.91 Å². The molecule has 1 N–H and O–H groups in total. The first-order chi connectivity index (χ1) is 6.78. The molecule has 0 aromatic heterocycles. The molecule has 3 nitrogen and oxygen atoms in total. The topological polar surface area (TPSA) is 32.3 Å². The van der Waals surface area contributed by atoms with Crippen LogP contribution in [-0.2, 0) is 4.79 Å². The van der Waals surface area contributed by atoms with Crippen LogP contribution in [0.15, 0.2) is 0 Å². The van der Waals surface area contributed by atoms with E-state index in [4.69, 9.17) is 0 Å². The second-order valence-electron chi connectivity index (χ2n) is 4.54. The number of amides is 1. The summed E-state index contributed by atoms with van der Waals surface area (Å²) in [5.41, 5.74) is -0.204. The van der Waals surface area contributed by atoms with Crippen molar-refractivity contribution in [3.8, 4) is 0 Å². The second kappa shape index (κ2) is 3.89. The maximum Gasteiger partial charge on any atom is 0.242 e. The van der Waals surface area contributed by atoms with E-state index >= 15 is 0 Å². The molecule has 1 heterocycles. The van der Waals surface area contributed by atoms with Crippen LogP contribution in [0.4, 0.5) is 0 Å². The summed E-state index contributed by atoms with van der Waals surface area (Å²) in [4.78, 5) is 14.3. The van der Waals surface area contributed by atoms with Gasteiger partial charge in [0.1, 0.15) is 0 Å². The first-order valence-corrected chi connectivity index (χ1v) is 5.77. The fraction of sp³-hybridized carbons (Fsp3) is 0.909. The molecule has 0 bridgehead atoms. The minimum Gasteiger partial charge on any atom is -0.341 e. The van der Waals surface area contributed by atoms with E-state index < -0.39 is 0 Å². The minimum absolute atomic E-state index is 0.204. The molecule has 2 rings (SSSR count). The molecule has 0 aromatic rings. The van der Waals surface area contributed by atoms with Crippen molar-refractivity contribution in [3.63, 3.8) is 0 Å². The standard InChI is InChI=1S/C11H20N2O/c1-12-11(6-2-3-7-11)10(14)13-8-4-5-9-13/h12H,2-9H2,1H3.